The number of hydrogen-bond donors (Lipinski definition) is 3. The van der Waals surface area contributed by atoms with Crippen LogP contribution in [0.5, 0.6) is 0 Å². The van der Waals surface area contributed by atoms with Crippen molar-refractivity contribution in [2.45, 2.75) is 32.9 Å². The van der Waals surface area contributed by atoms with E-state index in [0.717, 1.165) is 0 Å². The molecule has 0 spiro atoms. The first-order valence-electron chi connectivity index (χ1n) is 5.73. The topological polar surface area (TPSA) is 97.1 Å². The summed E-state index contributed by atoms with van der Waals surface area (Å²) in [5, 5.41) is 5.31. The third-order valence-electron chi connectivity index (χ3n) is 2.22. The minimum absolute atomic E-state index is 0.0371. The van der Waals surface area contributed by atoms with Gasteiger partial charge in [-0.3, -0.25) is 9.59 Å². The minimum atomic E-state index is -0.600. The van der Waals surface area contributed by atoms with Crippen LogP contribution in [0.1, 0.15) is 31.1 Å². The van der Waals surface area contributed by atoms with E-state index in [-0.39, 0.29) is 17.9 Å². The second-order valence-corrected chi connectivity index (χ2v) is 4.33. The molecule has 1 aromatic heterocycles. The summed E-state index contributed by atoms with van der Waals surface area (Å²) in [7, 11) is 0. The minimum Gasteiger partial charge on any atom is -0.384 e. The molecular weight excluding hydrogens is 232 g/mol. The molecule has 0 aliphatic heterocycles. The Morgan fingerprint density at radius 1 is 1.22 bits per heavy atom. The van der Waals surface area contributed by atoms with E-state index >= 15 is 0 Å². The van der Waals surface area contributed by atoms with E-state index < -0.39 is 6.04 Å². The van der Waals surface area contributed by atoms with Crippen LogP contribution in [-0.2, 0) is 4.79 Å². The lowest BCUT2D eigenvalue weighted by atomic mass is 10.2. The van der Waals surface area contributed by atoms with Crippen LogP contribution in [0.25, 0.3) is 0 Å². The van der Waals surface area contributed by atoms with Crippen molar-refractivity contribution in [3.05, 3.63) is 23.9 Å². The SMILES string of the molecule is CC(C)NC(=O)C(C)NC(=O)c1ccc(N)nc1. The Hall–Kier alpha value is -2.11. The Morgan fingerprint density at radius 2 is 1.89 bits per heavy atom. The number of pyridine rings is 1. The molecule has 4 N–H and O–H groups in total. The number of nitrogens with one attached hydrogen (secondary N) is 2. The largest absolute Gasteiger partial charge is 0.384 e. The van der Waals surface area contributed by atoms with E-state index in [1.807, 2.05) is 13.8 Å². The average Bonchev–Trinajstić information content (AvgIpc) is 2.28. The number of nitrogens with two attached hydrogens (primary N) is 1. The zero-order valence-corrected chi connectivity index (χ0v) is 10.7. The normalized spacial score (nSPS) is 12.0. The summed E-state index contributed by atoms with van der Waals surface area (Å²) in [6, 6.07) is 2.53. The fourth-order valence-corrected chi connectivity index (χ4v) is 1.29. The standard InChI is InChI=1S/C12H18N4O2/c1-7(2)15-11(17)8(3)16-12(18)9-4-5-10(13)14-6-9/h4-8H,1-3H3,(H2,13,14)(H,15,17)(H,16,18). The maximum Gasteiger partial charge on any atom is 0.253 e. The molecule has 6 heteroatoms. The van der Waals surface area contributed by atoms with E-state index in [1.165, 1.54) is 12.3 Å². The summed E-state index contributed by atoms with van der Waals surface area (Å²) >= 11 is 0. The lowest BCUT2D eigenvalue weighted by Gasteiger charge is -2.15. The number of rotatable bonds is 4. The number of nitrogens with zero attached hydrogens (tertiary/aromatic N) is 1. The monoisotopic (exact) mass is 250 g/mol. The highest BCUT2D eigenvalue weighted by molar-refractivity contribution is 5.97. The molecule has 1 unspecified atom stereocenters. The molecule has 0 aliphatic rings. The second-order valence-electron chi connectivity index (χ2n) is 4.33. The van der Waals surface area contributed by atoms with Crippen molar-refractivity contribution < 1.29 is 9.59 Å². The van der Waals surface area contributed by atoms with Gasteiger partial charge >= 0.3 is 0 Å². The molecule has 2 amide bonds. The van der Waals surface area contributed by atoms with Crippen LogP contribution in [0.15, 0.2) is 18.3 Å². The average molecular weight is 250 g/mol. The first-order chi connectivity index (χ1) is 8.40. The number of carbonyl (C=O) groups is 2. The Kier molecular flexibility index (Phi) is 4.65. The van der Waals surface area contributed by atoms with Gasteiger partial charge in [-0.05, 0) is 32.9 Å². The van der Waals surface area contributed by atoms with Crippen molar-refractivity contribution in [3.8, 4) is 0 Å². The lowest BCUT2D eigenvalue weighted by molar-refractivity contribution is -0.123. The van der Waals surface area contributed by atoms with Crippen molar-refractivity contribution >= 4 is 17.6 Å². The summed E-state index contributed by atoms with van der Waals surface area (Å²) in [5.74, 6) is -0.229. The Labute approximate surface area is 106 Å². The van der Waals surface area contributed by atoms with E-state index in [1.54, 1.807) is 13.0 Å². The highest BCUT2D eigenvalue weighted by Crippen LogP contribution is 2.01. The van der Waals surface area contributed by atoms with Gasteiger partial charge in [0, 0.05) is 12.2 Å². The zero-order chi connectivity index (χ0) is 13.7. The van der Waals surface area contributed by atoms with Gasteiger partial charge in [-0.15, -0.1) is 0 Å². The van der Waals surface area contributed by atoms with Crippen molar-refractivity contribution in [2.75, 3.05) is 5.73 Å². The molecular formula is C12H18N4O2. The molecule has 1 atom stereocenters. The van der Waals surface area contributed by atoms with Crippen molar-refractivity contribution in [1.29, 1.82) is 0 Å². The smallest absolute Gasteiger partial charge is 0.253 e. The molecule has 1 rings (SSSR count). The maximum atomic E-state index is 11.8. The van der Waals surface area contributed by atoms with E-state index in [0.29, 0.717) is 11.4 Å². The van der Waals surface area contributed by atoms with E-state index in [9.17, 15) is 9.59 Å². The summed E-state index contributed by atoms with van der Waals surface area (Å²) in [5.41, 5.74) is 5.79. The van der Waals surface area contributed by atoms with Gasteiger partial charge in [0.1, 0.15) is 11.9 Å². The summed E-state index contributed by atoms with van der Waals surface area (Å²) < 4.78 is 0. The van der Waals surface area contributed by atoms with Gasteiger partial charge in [-0.2, -0.15) is 0 Å². The second kappa shape index (κ2) is 6.00. The van der Waals surface area contributed by atoms with Crippen molar-refractivity contribution in [2.24, 2.45) is 0 Å². The van der Waals surface area contributed by atoms with Gasteiger partial charge in [-0.25, -0.2) is 4.98 Å². The fraction of sp³-hybridized carbons (Fsp3) is 0.417. The number of aromatic nitrogens is 1. The quantitative estimate of drug-likeness (QED) is 0.716. The van der Waals surface area contributed by atoms with Crippen LogP contribution < -0.4 is 16.4 Å². The molecule has 18 heavy (non-hydrogen) atoms. The van der Waals surface area contributed by atoms with Crippen molar-refractivity contribution in [1.82, 2.24) is 15.6 Å². The first-order valence-corrected chi connectivity index (χ1v) is 5.73. The van der Waals surface area contributed by atoms with Crippen molar-refractivity contribution in [3.63, 3.8) is 0 Å². The predicted octanol–water partition coefficient (Wildman–Crippen LogP) is 0.307. The summed E-state index contributed by atoms with van der Waals surface area (Å²) in [4.78, 5) is 27.2. The first kappa shape index (κ1) is 14.0. The van der Waals surface area contributed by atoms with Gasteiger partial charge < -0.3 is 16.4 Å². The Morgan fingerprint density at radius 3 is 2.39 bits per heavy atom. The fourth-order valence-electron chi connectivity index (χ4n) is 1.29. The number of nitrogen functional groups attached to an aromatic ring is 1. The zero-order valence-electron chi connectivity index (χ0n) is 10.7. The molecule has 1 heterocycles. The van der Waals surface area contributed by atoms with Gasteiger partial charge in [0.15, 0.2) is 0 Å². The molecule has 1 aromatic rings. The molecule has 0 radical (unpaired) electrons. The molecule has 0 bridgehead atoms. The molecule has 0 saturated heterocycles. The van der Waals surface area contributed by atoms with Crippen LogP contribution in [0.3, 0.4) is 0 Å². The van der Waals surface area contributed by atoms with E-state index in [4.69, 9.17) is 5.73 Å². The maximum absolute atomic E-state index is 11.8. The number of anilines is 1. The van der Waals surface area contributed by atoms with Gasteiger partial charge in [0.2, 0.25) is 5.91 Å². The Bertz CT molecular complexity index is 428. The van der Waals surface area contributed by atoms with Gasteiger partial charge in [-0.1, -0.05) is 0 Å². The van der Waals surface area contributed by atoms with Crippen LogP contribution in [-0.4, -0.2) is 28.9 Å². The summed E-state index contributed by atoms with van der Waals surface area (Å²) in [6.45, 7) is 5.34. The summed E-state index contributed by atoms with van der Waals surface area (Å²) in [6.07, 6.45) is 1.37. The highest BCUT2D eigenvalue weighted by Gasteiger charge is 2.17. The Balaban J connectivity index is 2.59. The van der Waals surface area contributed by atoms with Crippen LogP contribution in [0.2, 0.25) is 0 Å². The molecule has 98 valence electrons. The van der Waals surface area contributed by atoms with Crippen LogP contribution in [0.4, 0.5) is 5.82 Å². The molecule has 0 saturated carbocycles. The van der Waals surface area contributed by atoms with Crippen LogP contribution in [0, 0.1) is 0 Å². The third kappa shape index (κ3) is 4.04. The van der Waals surface area contributed by atoms with Gasteiger partial charge in [0.25, 0.3) is 5.91 Å². The van der Waals surface area contributed by atoms with E-state index in [2.05, 4.69) is 15.6 Å². The molecule has 0 fully saturated rings. The highest BCUT2D eigenvalue weighted by atomic mass is 16.2. The third-order valence-corrected chi connectivity index (χ3v) is 2.22. The molecule has 6 nitrogen and oxygen atoms in total. The molecule has 0 aromatic carbocycles. The van der Waals surface area contributed by atoms with Gasteiger partial charge in [0.05, 0.1) is 5.56 Å². The lowest BCUT2D eigenvalue weighted by Crippen LogP contribution is -2.46. The predicted molar refractivity (Wildman–Crippen MR) is 68.9 cm³/mol. The number of carbonyl (C=O) groups excluding carboxylic acids is 2. The number of amides is 2. The number of hydrogen-bond acceptors (Lipinski definition) is 4. The van der Waals surface area contributed by atoms with Crippen LogP contribution >= 0.6 is 0 Å². The molecule has 0 aliphatic carbocycles.